The van der Waals surface area contributed by atoms with Gasteiger partial charge in [-0.15, -0.1) is 6.58 Å². The maximum atomic E-state index is 12.5. The van der Waals surface area contributed by atoms with Crippen molar-refractivity contribution < 1.29 is 14.3 Å². The van der Waals surface area contributed by atoms with Crippen LogP contribution in [0.4, 0.5) is 16.2 Å². The minimum absolute atomic E-state index is 0.309. The summed E-state index contributed by atoms with van der Waals surface area (Å²) in [4.78, 5) is 28.5. The summed E-state index contributed by atoms with van der Waals surface area (Å²) in [5.41, 5.74) is 2.22. The molecule has 0 radical (unpaired) electrons. The number of nitrogens with zero attached hydrogens (tertiary/aromatic N) is 1. The molecule has 3 amide bonds. The van der Waals surface area contributed by atoms with E-state index >= 15 is 0 Å². The fourth-order valence-electron chi connectivity index (χ4n) is 2.53. The largest absolute Gasteiger partial charge is 0.497 e. The number of carbonyl (C=O) groups is 2. The number of aromatic nitrogens is 1. The van der Waals surface area contributed by atoms with Crippen molar-refractivity contribution in [1.82, 2.24) is 10.3 Å². The van der Waals surface area contributed by atoms with Gasteiger partial charge in [0.05, 0.1) is 12.6 Å². The van der Waals surface area contributed by atoms with Gasteiger partial charge in [-0.2, -0.15) is 0 Å². The first-order valence-corrected chi connectivity index (χ1v) is 8.61. The Morgan fingerprint density at radius 1 is 1.04 bits per heavy atom. The van der Waals surface area contributed by atoms with Crippen molar-refractivity contribution in [3.05, 3.63) is 72.9 Å². The average Bonchev–Trinajstić information content (AvgIpc) is 2.72. The predicted molar refractivity (Wildman–Crippen MR) is 110 cm³/mol. The number of rotatable bonds is 6. The van der Waals surface area contributed by atoms with Crippen molar-refractivity contribution in [2.45, 2.75) is 0 Å². The Morgan fingerprint density at radius 3 is 2.43 bits per heavy atom. The molecule has 28 heavy (non-hydrogen) atoms. The third-order valence-electron chi connectivity index (χ3n) is 3.94. The van der Waals surface area contributed by atoms with Gasteiger partial charge in [0.1, 0.15) is 11.4 Å². The molecule has 7 heteroatoms. The third kappa shape index (κ3) is 4.64. The first kappa shape index (κ1) is 18.9. The molecule has 0 bridgehead atoms. The van der Waals surface area contributed by atoms with E-state index in [4.69, 9.17) is 4.74 Å². The molecule has 2 aromatic carbocycles. The SMILES string of the molecule is C=CCNC(=O)Nc1ccc(NC(=O)c2ccc3cc(OC)ccc3n2)cc1. The molecule has 0 aliphatic rings. The summed E-state index contributed by atoms with van der Waals surface area (Å²) in [6, 6.07) is 15.4. The average molecular weight is 376 g/mol. The van der Waals surface area contributed by atoms with Crippen molar-refractivity contribution >= 4 is 34.2 Å². The number of fused-ring (bicyclic) bond motifs is 1. The summed E-state index contributed by atoms with van der Waals surface area (Å²) in [5.74, 6) is 0.417. The van der Waals surface area contributed by atoms with Crippen molar-refractivity contribution in [3.8, 4) is 5.75 Å². The van der Waals surface area contributed by atoms with Gasteiger partial charge in [-0.3, -0.25) is 4.79 Å². The summed E-state index contributed by atoms with van der Waals surface area (Å²) in [6.45, 7) is 3.92. The van der Waals surface area contributed by atoms with Crippen LogP contribution in [0, 0.1) is 0 Å². The van der Waals surface area contributed by atoms with Crippen LogP contribution in [0.15, 0.2) is 67.3 Å². The number of nitrogens with one attached hydrogen (secondary N) is 3. The highest BCUT2D eigenvalue weighted by Crippen LogP contribution is 2.20. The number of methoxy groups -OCH3 is 1. The fourth-order valence-corrected chi connectivity index (χ4v) is 2.53. The topological polar surface area (TPSA) is 92.4 Å². The monoisotopic (exact) mass is 376 g/mol. The quantitative estimate of drug-likeness (QED) is 0.571. The highest BCUT2D eigenvalue weighted by Gasteiger charge is 2.09. The molecular formula is C21H20N4O3. The van der Waals surface area contributed by atoms with Crippen molar-refractivity contribution in [2.24, 2.45) is 0 Å². The van der Waals surface area contributed by atoms with Gasteiger partial charge >= 0.3 is 6.03 Å². The number of amides is 3. The molecule has 3 N–H and O–H groups in total. The van der Waals surface area contributed by atoms with E-state index in [1.54, 1.807) is 49.6 Å². The maximum absolute atomic E-state index is 12.5. The standard InChI is InChI=1S/C21H20N4O3/c1-3-12-22-21(27)24-16-7-5-15(6-8-16)23-20(26)19-10-4-14-13-17(28-2)9-11-18(14)25-19/h3-11,13H,1,12H2,2H3,(H,23,26)(H2,22,24,27). The first-order valence-electron chi connectivity index (χ1n) is 8.61. The molecule has 3 aromatic rings. The maximum Gasteiger partial charge on any atom is 0.319 e. The molecule has 0 saturated carbocycles. The number of hydrogen-bond acceptors (Lipinski definition) is 4. The van der Waals surface area contributed by atoms with E-state index in [0.717, 1.165) is 11.1 Å². The van der Waals surface area contributed by atoms with Crippen LogP contribution in [0.1, 0.15) is 10.5 Å². The summed E-state index contributed by atoms with van der Waals surface area (Å²) >= 11 is 0. The zero-order chi connectivity index (χ0) is 19.9. The Balaban J connectivity index is 1.66. The number of anilines is 2. The van der Waals surface area contributed by atoms with Gasteiger partial charge in [-0.1, -0.05) is 12.1 Å². The zero-order valence-electron chi connectivity index (χ0n) is 15.4. The zero-order valence-corrected chi connectivity index (χ0v) is 15.4. The molecule has 0 aliphatic carbocycles. The molecule has 1 heterocycles. The van der Waals surface area contributed by atoms with E-state index in [9.17, 15) is 9.59 Å². The van der Waals surface area contributed by atoms with Crippen molar-refractivity contribution in [3.63, 3.8) is 0 Å². The number of urea groups is 1. The summed E-state index contributed by atoms with van der Waals surface area (Å²) in [7, 11) is 1.60. The lowest BCUT2D eigenvalue weighted by molar-refractivity contribution is 0.102. The molecule has 0 atom stereocenters. The second-order valence-corrected chi connectivity index (χ2v) is 5.91. The molecule has 3 rings (SSSR count). The smallest absolute Gasteiger partial charge is 0.319 e. The molecule has 1 aromatic heterocycles. The van der Waals surface area contributed by atoms with Crippen molar-refractivity contribution in [2.75, 3.05) is 24.3 Å². The Kier molecular flexibility index (Phi) is 5.86. The summed E-state index contributed by atoms with van der Waals surface area (Å²) < 4.78 is 5.19. The van der Waals surface area contributed by atoms with Crippen LogP contribution in [-0.4, -0.2) is 30.6 Å². The minimum Gasteiger partial charge on any atom is -0.497 e. The highest BCUT2D eigenvalue weighted by atomic mass is 16.5. The van der Waals surface area contributed by atoms with Crippen LogP contribution in [0.2, 0.25) is 0 Å². The highest BCUT2D eigenvalue weighted by molar-refractivity contribution is 6.04. The fraction of sp³-hybridized carbons (Fsp3) is 0.0952. The van der Waals surface area contributed by atoms with Crippen LogP contribution in [0.25, 0.3) is 10.9 Å². The Bertz CT molecular complexity index is 1020. The van der Waals surface area contributed by atoms with E-state index in [1.807, 2.05) is 18.2 Å². The third-order valence-corrected chi connectivity index (χ3v) is 3.94. The summed E-state index contributed by atoms with van der Waals surface area (Å²) in [6.07, 6.45) is 1.59. The number of hydrogen-bond donors (Lipinski definition) is 3. The number of ether oxygens (including phenoxy) is 1. The van der Waals surface area contributed by atoms with Gasteiger partial charge < -0.3 is 20.7 Å². The Labute approximate surface area is 162 Å². The lowest BCUT2D eigenvalue weighted by atomic mass is 10.2. The van der Waals surface area contributed by atoms with E-state index in [0.29, 0.717) is 29.1 Å². The second-order valence-electron chi connectivity index (χ2n) is 5.91. The number of carbonyl (C=O) groups excluding carboxylic acids is 2. The first-order chi connectivity index (χ1) is 13.6. The Hall–Kier alpha value is -3.87. The molecule has 142 valence electrons. The lowest BCUT2D eigenvalue weighted by Crippen LogP contribution is -2.28. The van der Waals surface area contributed by atoms with E-state index in [1.165, 1.54) is 0 Å². The Morgan fingerprint density at radius 2 is 1.75 bits per heavy atom. The molecule has 7 nitrogen and oxygen atoms in total. The number of benzene rings is 2. The van der Waals surface area contributed by atoms with Gasteiger partial charge in [0.15, 0.2) is 0 Å². The number of pyridine rings is 1. The van der Waals surface area contributed by atoms with Gasteiger partial charge in [0.25, 0.3) is 5.91 Å². The van der Waals surface area contributed by atoms with Crippen LogP contribution in [-0.2, 0) is 0 Å². The van der Waals surface area contributed by atoms with Crippen LogP contribution < -0.4 is 20.7 Å². The van der Waals surface area contributed by atoms with Crippen LogP contribution >= 0.6 is 0 Å². The predicted octanol–water partition coefficient (Wildman–Crippen LogP) is 3.80. The normalized spacial score (nSPS) is 10.2. The van der Waals surface area contributed by atoms with E-state index < -0.39 is 0 Å². The lowest BCUT2D eigenvalue weighted by Gasteiger charge is -2.09. The second kappa shape index (κ2) is 8.68. The van der Waals surface area contributed by atoms with Crippen LogP contribution in [0.5, 0.6) is 5.75 Å². The molecule has 0 unspecified atom stereocenters. The van der Waals surface area contributed by atoms with E-state index in [-0.39, 0.29) is 11.9 Å². The van der Waals surface area contributed by atoms with Gasteiger partial charge in [0.2, 0.25) is 0 Å². The van der Waals surface area contributed by atoms with Gasteiger partial charge in [-0.05, 0) is 48.5 Å². The van der Waals surface area contributed by atoms with Crippen LogP contribution in [0.3, 0.4) is 0 Å². The van der Waals surface area contributed by atoms with Crippen molar-refractivity contribution in [1.29, 1.82) is 0 Å². The molecule has 0 aliphatic heterocycles. The molecule has 0 fully saturated rings. The van der Waals surface area contributed by atoms with Gasteiger partial charge in [-0.25, -0.2) is 9.78 Å². The molecular weight excluding hydrogens is 356 g/mol. The molecule has 0 saturated heterocycles. The molecule has 0 spiro atoms. The van der Waals surface area contributed by atoms with E-state index in [2.05, 4.69) is 27.5 Å². The summed E-state index contributed by atoms with van der Waals surface area (Å²) in [5, 5.41) is 8.98. The minimum atomic E-state index is -0.325. The van der Waals surface area contributed by atoms with Gasteiger partial charge in [0, 0.05) is 23.3 Å².